The number of hydrogen-bond acceptors (Lipinski definition) is 4. The molecule has 2 fully saturated rings. The van der Waals surface area contributed by atoms with E-state index in [9.17, 15) is 9.59 Å². The van der Waals surface area contributed by atoms with E-state index in [4.69, 9.17) is 9.47 Å². The molecule has 0 aromatic carbocycles. The predicted molar refractivity (Wildman–Crippen MR) is 102 cm³/mol. The minimum absolute atomic E-state index is 0.257. The zero-order valence-corrected chi connectivity index (χ0v) is 17.9. The standard InChI is InChI=1S/C20H36O4Si/c1-7-25(8-2,9-3)14-16-13-20(17(21)23-5,18(22)24-6)19(15(16)4)11-10-12-19/h15-16H,7-14H2,1-6H3/t15-,16-/m0/s1. The van der Waals surface area contributed by atoms with Crippen molar-refractivity contribution in [2.24, 2.45) is 22.7 Å². The van der Waals surface area contributed by atoms with Gasteiger partial charge >= 0.3 is 11.9 Å². The van der Waals surface area contributed by atoms with Crippen LogP contribution < -0.4 is 0 Å². The number of ether oxygens (including phenoxy) is 2. The maximum Gasteiger partial charge on any atom is 0.323 e. The second-order valence-corrected chi connectivity index (χ2v) is 13.9. The summed E-state index contributed by atoms with van der Waals surface area (Å²) in [6.07, 6.45) is 3.58. The SMILES string of the molecule is CC[Si](CC)(CC)C[C@@H]1CC(C(=O)OC)(C(=O)OC)C2(CCC2)[C@H]1C. The quantitative estimate of drug-likeness (QED) is 0.373. The molecular weight excluding hydrogens is 332 g/mol. The van der Waals surface area contributed by atoms with Gasteiger partial charge in [0, 0.05) is 5.41 Å². The van der Waals surface area contributed by atoms with Gasteiger partial charge in [0.15, 0.2) is 5.41 Å². The van der Waals surface area contributed by atoms with Crippen LogP contribution in [0.3, 0.4) is 0 Å². The third kappa shape index (κ3) is 2.77. The van der Waals surface area contributed by atoms with Gasteiger partial charge in [-0.3, -0.25) is 9.59 Å². The fourth-order valence-electron chi connectivity index (χ4n) is 6.05. The molecule has 0 aliphatic heterocycles. The summed E-state index contributed by atoms with van der Waals surface area (Å²) < 4.78 is 10.3. The van der Waals surface area contributed by atoms with E-state index in [2.05, 4.69) is 27.7 Å². The van der Waals surface area contributed by atoms with Crippen molar-refractivity contribution in [3.05, 3.63) is 0 Å². The Morgan fingerprint density at radius 1 is 1.00 bits per heavy atom. The fourth-order valence-corrected chi connectivity index (χ4v) is 10.0. The molecule has 0 amide bonds. The summed E-state index contributed by atoms with van der Waals surface area (Å²) >= 11 is 0. The largest absolute Gasteiger partial charge is 0.468 e. The number of hydrogen-bond donors (Lipinski definition) is 0. The molecule has 2 rings (SSSR count). The summed E-state index contributed by atoms with van der Waals surface area (Å²) in [5.41, 5.74) is -1.35. The van der Waals surface area contributed by atoms with Crippen LogP contribution in [0.15, 0.2) is 0 Å². The minimum atomic E-state index is -1.33. The van der Waals surface area contributed by atoms with Crippen molar-refractivity contribution in [3.8, 4) is 0 Å². The zero-order valence-electron chi connectivity index (χ0n) is 16.9. The molecule has 2 saturated carbocycles. The minimum Gasteiger partial charge on any atom is -0.468 e. The predicted octanol–water partition coefficient (Wildman–Crippen LogP) is 4.65. The molecule has 0 heterocycles. The lowest BCUT2D eigenvalue weighted by Gasteiger charge is -2.51. The van der Waals surface area contributed by atoms with E-state index in [-0.39, 0.29) is 17.4 Å². The van der Waals surface area contributed by atoms with Crippen LogP contribution in [0.4, 0.5) is 0 Å². The molecular formula is C20H36O4Si. The number of carbonyl (C=O) groups is 2. The van der Waals surface area contributed by atoms with Crippen molar-refractivity contribution >= 4 is 20.0 Å². The van der Waals surface area contributed by atoms with Crippen molar-refractivity contribution < 1.29 is 19.1 Å². The van der Waals surface area contributed by atoms with Crippen LogP contribution in [0.5, 0.6) is 0 Å². The Bertz CT molecular complexity index is 484. The molecule has 0 bridgehead atoms. The van der Waals surface area contributed by atoms with Crippen LogP contribution in [0.1, 0.15) is 53.4 Å². The summed E-state index contributed by atoms with van der Waals surface area (Å²) in [6.45, 7) is 9.25. The smallest absolute Gasteiger partial charge is 0.323 e. The van der Waals surface area contributed by atoms with Crippen molar-refractivity contribution in [2.45, 2.75) is 77.6 Å². The Balaban J connectivity index is 2.45. The number of rotatable bonds is 7. The molecule has 0 unspecified atom stereocenters. The van der Waals surface area contributed by atoms with Crippen LogP contribution >= 0.6 is 0 Å². The molecule has 2 aliphatic carbocycles. The Morgan fingerprint density at radius 3 is 1.80 bits per heavy atom. The fraction of sp³-hybridized carbons (Fsp3) is 0.900. The molecule has 4 nitrogen and oxygen atoms in total. The Labute approximate surface area is 154 Å². The molecule has 0 N–H and O–H groups in total. The normalized spacial score (nSPS) is 27.0. The highest BCUT2D eigenvalue weighted by molar-refractivity contribution is 6.79. The molecule has 0 radical (unpaired) electrons. The zero-order chi connectivity index (χ0) is 18.9. The lowest BCUT2D eigenvalue weighted by molar-refractivity contribution is -0.186. The van der Waals surface area contributed by atoms with Crippen molar-refractivity contribution in [1.29, 1.82) is 0 Å². The Morgan fingerprint density at radius 2 is 1.48 bits per heavy atom. The first-order valence-corrected chi connectivity index (χ1v) is 12.8. The van der Waals surface area contributed by atoms with Crippen LogP contribution in [-0.2, 0) is 19.1 Å². The van der Waals surface area contributed by atoms with Gasteiger partial charge in [-0.2, -0.15) is 0 Å². The number of methoxy groups -OCH3 is 2. The number of carbonyl (C=O) groups excluding carboxylic acids is 2. The molecule has 0 aromatic rings. The molecule has 1 spiro atoms. The molecule has 0 aromatic heterocycles. The van der Waals surface area contributed by atoms with Gasteiger partial charge in [0.2, 0.25) is 0 Å². The third-order valence-corrected chi connectivity index (χ3v) is 14.1. The van der Waals surface area contributed by atoms with E-state index in [0.717, 1.165) is 19.3 Å². The van der Waals surface area contributed by atoms with Gasteiger partial charge in [0.25, 0.3) is 0 Å². The number of esters is 2. The third-order valence-electron chi connectivity index (χ3n) is 8.26. The molecule has 2 atom stereocenters. The van der Waals surface area contributed by atoms with E-state index in [1.807, 2.05) is 0 Å². The van der Waals surface area contributed by atoms with Gasteiger partial charge in [-0.1, -0.05) is 58.3 Å². The second kappa shape index (κ2) is 7.41. The Kier molecular flexibility index (Phi) is 6.07. The van der Waals surface area contributed by atoms with Gasteiger partial charge < -0.3 is 9.47 Å². The van der Waals surface area contributed by atoms with Crippen LogP contribution in [-0.4, -0.2) is 34.2 Å². The lowest BCUT2D eigenvalue weighted by atomic mass is 9.51. The highest BCUT2D eigenvalue weighted by Crippen LogP contribution is 2.69. The van der Waals surface area contributed by atoms with Gasteiger partial charge in [-0.25, -0.2) is 0 Å². The van der Waals surface area contributed by atoms with E-state index in [1.54, 1.807) is 0 Å². The average molecular weight is 369 g/mol. The first kappa shape index (κ1) is 20.5. The van der Waals surface area contributed by atoms with Crippen molar-refractivity contribution in [1.82, 2.24) is 0 Å². The van der Waals surface area contributed by atoms with E-state index in [1.165, 1.54) is 38.4 Å². The van der Waals surface area contributed by atoms with Crippen LogP contribution in [0.2, 0.25) is 24.2 Å². The molecule has 5 heteroatoms. The van der Waals surface area contributed by atoms with Crippen LogP contribution in [0.25, 0.3) is 0 Å². The topological polar surface area (TPSA) is 52.6 Å². The van der Waals surface area contributed by atoms with Gasteiger partial charge in [-0.05, 0) is 31.1 Å². The van der Waals surface area contributed by atoms with Gasteiger partial charge in [0.1, 0.15) is 0 Å². The summed E-state index contributed by atoms with van der Waals surface area (Å²) in [5.74, 6) is 0.0521. The molecule has 0 saturated heterocycles. The summed E-state index contributed by atoms with van der Waals surface area (Å²) in [6, 6.07) is 5.05. The highest BCUT2D eigenvalue weighted by Gasteiger charge is 2.73. The average Bonchev–Trinajstić information content (AvgIpc) is 2.87. The highest BCUT2D eigenvalue weighted by atomic mass is 28.3. The molecule has 144 valence electrons. The van der Waals surface area contributed by atoms with Crippen LogP contribution in [0, 0.1) is 22.7 Å². The van der Waals surface area contributed by atoms with Crippen molar-refractivity contribution in [2.75, 3.05) is 14.2 Å². The summed E-state index contributed by atoms with van der Waals surface area (Å²) in [5, 5.41) is 0. The summed E-state index contributed by atoms with van der Waals surface area (Å²) in [4.78, 5) is 25.8. The van der Waals surface area contributed by atoms with E-state index in [0.29, 0.717) is 18.3 Å². The first-order valence-electron chi connectivity index (χ1n) is 10.00. The van der Waals surface area contributed by atoms with Crippen molar-refractivity contribution in [3.63, 3.8) is 0 Å². The van der Waals surface area contributed by atoms with E-state index < -0.39 is 13.5 Å². The first-order chi connectivity index (χ1) is 11.8. The van der Waals surface area contributed by atoms with Gasteiger partial charge in [0.05, 0.1) is 22.3 Å². The van der Waals surface area contributed by atoms with E-state index >= 15 is 0 Å². The monoisotopic (exact) mass is 368 g/mol. The maximum atomic E-state index is 12.9. The Hall–Kier alpha value is -0.843. The maximum absolute atomic E-state index is 12.9. The summed E-state index contributed by atoms with van der Waals surface area (Å²) in [7, 11) is 1.47. The molecule has 25 heavy (non-hydrogen) atoms. The molecule has 2 aliphatic rings. The second-order valence-electron chi connectivity index (χ2n) is 8.42. The van der Waals surface area contributed by atoms with Gasteiger partial charge in [-0.15, -0.1) is 0 Å². The lowest BCUT2D eigenvalue weighted by Crippen LogP contribution is -2.56.